The first kappa shape index (κ1) is 52.9. The fourth-order valence-electron chi connectivity index (χ4n) is 9.74. The van der Waals surface area contributed by atoms with Gasteiger partial charge in [0.15, 0.2) is 12.6 Å². The van der Waals surface area contributed by atoms with Crippen LogP contribution in [0.1, 0.15) is 80.1 Å². The number of methoxy groups -OCH3 is 2. The van der Waals surface area contributed by atoms with Crippen LogP contribution in [0.2, 0.25) is 0 Å². The van der Waals surface area contributed by atoms with Crippen molar-refractivity contribution in [3.63, 3.8) is 0 Å². The highest BCUT2D eigenvalue weighted by atomic mass is 16.7. The van der Waals surface area contributed by atoms with E-state index in [2.05, 4.69) is 53.7 Å². The normalized spacial score (nSPS) is 36.9. The zero-order chi connectivity index (χ0) is 48.1. The maximum absolute atomic E-state index is 10.4. The van der Waals surface area contributed by atoms with E-state index >= 15 is 0 Å². The molecule has 4 aliphatic heterocycles. The molecule has 14 heteroatoms. The van der Waals surface area contributed by atoms with Crippen molar-refractivity contribution in [2.45, 2.75) is 152 Å². The number of rotatable bonds is 22. The summed E-state index contributed by atoms with van der Waals surface area (Å²) in [7, 11) is 3.37. The lowest BCUT2D eigenvalue weighted by molar-refractivity contribution is -0.189. The van der Waals surface area contributed by atoms with Crippen LogP contribution in [0.3, 0.4) is 0 Å². The highest BCUT2D eigenvalue weighted by Gasteiger charge is 2.73. The number of hydrogen-bond acceptors (Lipinski definition) is 12. The van der Waals surface area contributed by atoms with Gasteiger partial charge in [0.1, 0.15) is 11.2 Å². The lowest BCUT2D eigenvalue weighted by Gasteiger charge is -2.43. The standard InChI is InChI=1S/2C26H36O7/c2*1-18(2)13-14-20-25(3,33-20)24-23(30-4)19(15-16-26(24)17-31-26)32-22(29)12-10-8-6-5-7-9-11-21(27)28/h2*5-13,19-20,22-24,29H,14-17H2,1-4H3,(H,27,28)/b2*7-5+,8-6+,11-9+,12-10+/t2*19-,20-,22?,23-,24-,25+,26+/m11/s1. The average Bonchev–Trinajstić information content (AvgIpc) is 4.14. The molecule has 0 aromatic rings. The van der Waals surface area contributed by atoms with Crippen molar-refractivity contribution in [1.82, 2.24) is 0 Å². The van der Waals surface area contributed by atoms with Crippen molar-refractivity contribution >= 4 is 11.9 Å². The summed E-state index contributed by atoms with van der Waals surface area (Å²) in [6.07, 6.45) is 31.4. The summed E-state index contributed by atoms with van der Waals surface area (Å²) >= 11 is 0. The molecule has 0 aromatic carbocycles. The van der Waals surface area contributed by atoms with E-state index in [-0.39, 0.29) is 70.9 Å². The van der Waals surface area contributed by atoms with Gasteiger partial charge in [0, 0.05) is 26.4 Å². The van der Waals surface area contributed by atoms with Crippen molar-refractivity contribution in [1.29, 1.82) is 0 Å². The summed E-state index contributed by atoms with van der Waals surface area (Å²) in [6, 6.07) is 0. The van der Waals surface area contributed by atoms with Gasteiger partial charge in [-0.05, 0) is 92.2 Å². The SMILES string of the molecule is CO[C@@H]1[C@H](OC(O)/C=C/C=C/C=C/C=C/C(=O)O)CC[C@]2(CO2)[C@H]1[C@@]1(C)O[C@@H]1CC=C(C)C.CO[C@@H]1[C@H](OC(O)/C=C/C=C/C=C/C=C/C(=O)O)CC[C@]2(CO2)[C@H]1[C@@]1(C)O[C@@H]1CC=C(C)C. The van der Waals surface area contributed by atoms with Crippen molar-refractivity contribution in [2.75, 3.05) is 27.4 Å². The molecule has 6 aliphatic rings. The van der Waals surface area contributed by atoms with Crippen LogP contribution < -0.4 is 0 Å². The third-order valence-electron chi connectivity index (χ3n) is 13.2. The van der Waals surface area contributed by atoms with Gasteiger partial charge in [0.2, 0.25) is 0 Å². The Morgan fingerprint density at radius 1 is 0.591 bits per heavy atom. The van der Waals surface area contributed by atoms with E-state index in [1.165, 1.54) is 23.3 Å². The van der Waals surface area contributed by atoms with Gasteiger partial charge in [-0.25, -0.2) is 9.59 Å². The molecule has 364 valence electrons. The number of carboxylic acids is 2. The van der Waals surface area contributed by atoms with E-state index in [0.29, 0.717) is 13.2 Å². The minimum atomic E-state index is -1.07. The number of allylic oxidation sites excluding steroid dienone is 14. The highest BCUT2D eigenvalue weighted by Crippen LogP contribution is 2.61. The summed E-state index contributed by atoms with van der Waals surface area (Å²) < 4.78 is 48.1. The highest BCUT2D eigenvalue weighted by molar-refractivity contribution is 5.80. The van der Waals surface area contributed by atoms with Crippen LogP contribution in [0.25, 0.3) is 0 Å². The lowest BCUT2D eigenvalue weighted by Crippen LogP contribution is -2.55. The van der Waals surface area contributed by atoms with Crippen LogP contribution in [0.5, 0.6) is 0 Å². The Kier molecular flexibility index (Phi) is 19.1. The average molecular weight is 921 g/mol. The van der Waals surface area contributed by atoms with E-state index in [9.17, 15) is 19.8 Å². The molecule has 6 rings (SSSR count). The summed E-state index contributed by atoms with van der Waals surface area (Å²) in [5, 5.41) is 37.8. The summed E-state index contributed by atoms with van der Waals surface area (Å²) in [6.45, 7) is 14.0. The molecule has 6 fully saturated rings. The van der Waals surface area contributed by atoms with Gasteiger partial charge >= 0.3 is 11.9 Å². The van der Waals surface area contributed by atoms with E-state index in [0.717, 1.165) is 50.7 Å². The number of epoxide rings is 4. The topological polar surface area (TPSA) is 202 Å². The predicted molar refractivity (Wildman–Crippen MR) is 249 cm³/mol. The van der Waals surface area contributed by atoms with E-state index in [4.69, 9.17) is 48.1 Å². The van der Waals surface area contributed by atoms with Gasteiger partial charge in [0.05, 0.1) is 72.9 Å². The molecule has 4 saturated heterocycles. The number of carboxylic acid groups (broad SMARTS) is 2. The van der Waals surface area contributed by atoms with Gasteiger partial charge < -0.3 is 58.3 Å². The van der Waals surface area contributed by atoms with Crippen molar-refractivity contribution in [3.05, 3.63) is 121 Å². The van der Waals surface area contributed by atoms with Gasteiger partial charge in [-0.15, -0.1) is 0 Å². The molecule has 4 N–H and O–H groups in total. The van der Waals surface area contributed by atoms with Crippen LogP contribution in [0.4, 0.5) is 0 Å². The number of hydrogen-bond donors (Lipinski definition) is 4. The molecule has 2 aliphatic carbocycles. The Hall–Kier alpha value is -4.06. The van der Waals surface area contributed by atoms with E-state index in [1.807, 2.05) is 0 Å². The molecule has 66 heavy (non-hydrogen) atoms. The van der Waals surface area contributed by atoms with E-state index < -0.39 is 24.5 Å². The van der Waals surface area contributed by atoms with Crippen molar-refractivity contribution < 1.29 is 67.9 Å². The molecule has 2 saturated carbocycles. The van der Waals surface area contributed by atoms with Gasteiger partial charge in [-0.1, -0.05) is 96.2 Å². The molecular formula is C52H72O14. The molecule has 2 spiro atoms. The zero-order valence-corrected chi connectivity index (χ0v) is 39.7. The predicted octanol–water partition coefficient (Wildman–Crippen LogP) is 7.41. The summed E-state index contributed by atoms with van der Waals surface area (Å²) in [5.74, 6) is -1.92. The van der Waals surface area contributed by atoms with Crippen LogP contribution in [0, 0.1) is 11.8 Å². The molecule has 0 bridgehead atoms. The van der Waals surface area contributed by atoms with Gasteiger partial charge in [0.25, 0.3) is 0 Å². The first-order valence-corrected chi connectivity index (χ1v) is 22.9. The fraction of sp³-hybridized carbons (Fsp3) is 0.577. The molecule has 14 nitrogen and oxygen atoms in total. The third-order valence-corrected chi connectivity index (χ3v) is 13.2. The molecule has 0 radical (unpaired) electrons. The fourth-order valence-corrected chi connectivity index (χ4v) is 9.74. The number of carbonyl (C=O) groups is 2. The smallest absolute Gasteiger partial charge is 0.328 e. The quantitative estimate of drug-likeness (QED) is 0.0275. The van der Waals surface area contributed by atoms with Crippen molar-refractivity contribution in [2.24, 2.45) is 11.8 Å². The Morgan fingerprint density at radius 2 is 0.924 bits per heavy atom. The van der Waals surface area contributed by atoms with Gasteiger partial charge in [-0.2, -0.15) is 0 Å². The Labute approximate surface area is 390 Å². The summed E-state index contributed by atoms with van der Waals surface area (Å²) in [4.78, 5) is 20.8. The maximum atomic E-state index is 10.4. The Bertz CT molecular complexity index is 1800. The van der Waals surface area contributed by atoms with Gasteiger partial charge in [-0.3, -0.25) is 0 Å². The second-order valence-corrected chi connectivity index (χ2v) is 18.6. The molecule has 0 amide bonds. The largest absolute Gasteiger partial charge is 0.478 e. The molecule has 0 aromatic heterocycles. The molecular weight excluding hydrogens is 849 g/mol. The second-order valence-electron chi connectivity index (χ2n) is 18.6. The first-order chi connectivity index (χ1) is 31.4. The molecule has 14 atom stereocenters. The zero-order valence-electron chi connectivity index (χ0n) is 39.7. The second kappa shape index (κ2) is 23.8. The molecule has 4 heterocycles. The van der Waals surface area contributed by atoms with Crippen molar-refractivity contribution in [3.8, 4) is 0 Å². The summed E-state index contributed by atoms with van der Waals surface area (Å²) in [5.41, 5.74) is 1.43. The number of ether oxygens (including phenoxy) is 8. The minimum absolute atomic E-state index is 0.0318. The van der Waals surface area contributed by atoms with E-state index in [1.54, 1.807) is 87.1 Å². The number of aliphatic hydroxyl groups is 2. The minimum Gasteiger partial charge on any atom is -0.478 e. The Morgan fingerprint density at radius 3 is 1.23 bits per heavy atom. The Balaban J connectivity index is 0.000000247. The van der Waals surface area contributed by atoms with Crippen LogP contribution in [-0.4, -0.2) is 131 Å². The molecule has 2 unspecified atom stereocenters. The first-order valence-electron chi connectivity index (χ1n) is 22.9. The maximum Gasteiger partial charge on any atom is 0.328 e. The van der Waals surface area contributed by atoms with Crippen LogP contribution in [0.15, 0.2) is 121 Å². The third kappa shape index (κ3) is 14.5. The van der Waals surface area contributed by atoms with Crippen LogP contribution >= 0.6 is 0 Å². The number of aliphatic hydroxyl groups excluding tert-OH is 2. The van der Waals surface area contributed by atoms with Crippen LogP contribution in [-0.2, 0) is 47.5 Å². The monoisotopic (exact) mass is 920 g/mol. The number of aliphatic carboxylic acids is 2. The lowest BCUT2D eigenvalue weighted by atomic mass is 9.68.